The number of carbonyl (C=O) groups excluding carboxylic acids is 1. The molecule has 0 saturated carbocycles. The zero-order valence-electron chi connectivity index (χ0n) is 26.4. The van der Waals surface area contributed by atoms with Crippen LogP contribution in [0.4, 0.5) is 23.7 Å². The maximum atomic E-state index is 14.2. The zero-order valence-corrected chi connectivity index (χ0v) is 26.4. The lowest BCUT2D eigenvalue weighted by atomic mass is 9.92. The minimum absolute atomic E-state index is 0.0763. The van der Waals surface area contributed by atoms with Crippen LogP contribution in [0.5, 0.6) is 11.6 Å². The van der Waals surface area contributed by atoms with Gasteiger partial charge in [0.25, 0.3) is 11.4 Å². The van der Waals surface area contributed by atoms with Crippen LogP contribution in [0.3, 0.4) is 0 Å². The normalized spacial score (nSPS) is 17.5. The molecule has 248 valence electrons. The average molecular weight is 652 g/mol. The van der Waals surface area contributed by atoms with Crippen molar-refractivity contribution < 1.29 is 22.7 Å². The second-order valence-corrected chi connectivity index (χ2v) is 11.8. The number of ether oxygens (including phenoxy) is 1. The average Bonchev–Trinajstić information content (AvgIpc) is 3.05. The number of piperazine rings is 1. The van der Waals surface area contributed by atoms with Crippen LogP contribution in [0.2, 0.25) is 0 Å². The molecule has 1 saturated heterocycles. The molecular weight excluding hydrogens is 615 g/mol. The van der Waals surface area contributed by atoms with Crippen molar-refractivity contribution in [1.82, 2.24) is 39.6 Å². The molecule has 2 N–H and O–H groups in total. The Balaban J connectivity index is 1.19. The third kappa shape index (κ3) is 7.05. The van der Waals surface area contributed by atoms with E-state index in [1.807, 2.05) is 11.8 Å². The molecule has 0 aliphatic carbocycles. The number of hydrogen-bond acceptors (Lipinski definition) is 9. The van der Waals surface area contributed by atoms with Crippen molar-refractivity contribution in [3.63, 3.8) is 0 Å². The summed E-state index contributed by atoms with van der Waals surface area (Å²) in [4.78, 5) is 51.1. The van der Waals surface area contributed by atoms with Crippen LogP contribution >= 0.6 is 0 Å². The Morgan fingerprint density at radius 2 is 1.85 bits per heavy atom. The number of aryl methyl sites for hydroxylation is 1. The molecule has 2 aliphatic heterocycles. The molecule has 1 aromatic carbocycles. The summed E-state index contributed by atoms with van der Waals surface area (Å²) in [7, 11) is 0. The largest absolute Gasteiger partial charge is 0.435 e. The van der Waals surface area contributed by atoms with Gasteiger partial charge in [-0.1, -0.05) is 19.9 Å². The standard InChI is InChI=1S/C32H36F3N9O3/c1-4-20-16-44(17-22-12-24(14-36-26(20)22)47-30-27-28(37-18-38-30)41-29(45)19(3)39-27)31(46)40-23-7-6-21(25(13-23)32(33,34)35)15-43-10-8-42(5-2)9-11-43/h6-7,12-14,18,20H,4-5,8-11,15-17H2,1-3H3,(H,40,46)(H,37,38,41,45). The van der Waals surface area contributed by atoms with Crippen LogP contribution in [-0.2, 0) is 19.3 Å². The lowest BCUT2D eigenvalue weighted by Crippen LogP contribution is -2.45. The van der Waals surface area contributed by atoms with Gasteiger partial charge in [0.15, 0.2) is 11.2 Å². The third-order valence-corrected chi connectivity index (χ3v) is 8.76. The van der Waals surface area contributed by atoms with E-state index in [9.17, 15) is 22.8 Å². The molecule has 15 heteroatoms. The number of rotatable bonds is 7. The molecule has 47 heavy (non-hydrogen) atoms. The van der Waals surface area contributed by atoms with Gasteiger partial charge in [0.1, 0.15) is 17.8 Å². The Bertz CT molecular complexity index is 1840. The Hall–Kier alpha value is -4.63. The van der Waals surface area contributed by atoms with E-state index in [0.29, 0.717) is 31.8 Å². The molecule has 2 aliphatic rings. The van der Waals surface area contributed by atoms with Crippen molar-refractivity contribution in [1.29, 1.82) is 0 Å². The minimum atomic E-state index is -4.57. The number of benzene rings is 1. The summed E-state index contributed by atoms with van der Waals surface area (Å²) in [5.41, 5.74) is 1.43. The molecule has 0 spiro atoms. The van der Waals surface area contributed by atoms with Gasteiger partial charge in [-0.15, -0.1) is 0 Å². The Kier molecular flexibility index (Phi) is 9.10. The van der Waals surface area contributed by atoms with Gasteiger partial charge in [0.05, 0.1) is 17.5 Å². The van der Waals surface area contributed by atoms with Crippen LogP contribution < -0.4 is 15.6 Å². The number of halogens is 3. The van der Waals surface area contributed by atoms with Crippen LogP contribution in [0.25, 0.3) is 11.2 Å². The molecule has 3 aromatic heterocycles. The number of fused-ring (bicyclic) bond motifs is 2. The smallest absolute Gasteiger partial charge is 0.416 e. The molecule has 4 aromatic rings. The number of pyridine rings is 1. The van der Waals surface area contributed by atoms with Crippen molar-refractivity contribution in [3.8, 4) is 11.6 Å². The fraction of sp³-hybridized carbons (Fsp3) is 0.438. The van der Waals surface area contributed by atoms with E-state index in [-0.39, 0.29) is 58.6 Å². The number of H-pyrrole nitrogens is 1. The number of nitrogens with one attached hydrogen (secondary N) is 2. The summed E-state index contributed by atoms with van der Waals surface area (Å²) < 4.78 is 48.5. The number of likely N-dealkylation sites (N-methyl/N-ethyl adjacent to an activating group) is 1. The van der Waals surface area contributed by atoms with Crippen molar-refractivity contribution in [3.05, 3.63) is 75.2 Å². The maximum absolute atomic E-state index is 14.2. The molecule has 12 nitrogen and oxygen atoms in total. The quantitative estimate of drug-likeness (QED) is 0.286. The van der Waals surface area contributed by atoms with Crippen LogP contribution in [0.15, 0.2) is 41.6 Å². The summed E-state index contributed by atoms with van der Waals surface area (Å²) in [5, 5.41) is 2.69. The number of amides is 2. The van der Waals surface area contributed by atoms with Crippen molar-refractivity contribution in [2.24, 2.45) is 0 Å². The first-order valence-electron chi connectivity index (χ1n) is 15.6. The van der Waals surface area contributed by atoms with Gasteiger partial charge in [-0.25, -0.2) is 14.8 Å². The predicted octanol–water partition coefficient (Wildman–Crippen LogP) is 4.91. The van der Waals surface area contributed by atoms with Gasteiger partial charge < -0.3 is 24.8 Å². The first-order valence-corrected chi connectivity index (χ1v) is 15.6. The van der Waals surface area contributed by atoms with Gasteiger partial charge in [0.2, 0.25) is 0 Å². The van der Waals surface area contributed by atoms with Gasteiger partial charge in [-0.05, 0) is 49.2 Å². The van der Waals surface area contributed by atoms with Gasteiger partial charge in [-0.3, -0.25) is 14.7 Å². The number of urea groups is 1. The number of anilines is 1. The molecule has 1 fully saturated rings. The highest BCUT2D eigenvalue weighted by atomic mass is 19.4. The van der Waals surface area contributed by atoms with E-state index in [2.05, 4.69) is 42.1 Å². The van der Waals surface area contributed by atoms with Gasteiger partial charge in [0, 0.05) is 57.4 Å². The fourth-order valence-electron chi connectivity index (χ4n) is 6.07. The van der Waals surface area contributed by atoms with E-state index in [1.54, 1.807) is 24.1 Å². The Morgan fingerprint density at radius 3 is 2.57 bits per heavy atom. The van der Waals surface area contributed by atoms with E-state index < -0.39 is 17.8 Å². The molecule has 2 amide bonds. The molecule has 6 rings (SSSR count). The van der Waals surface area contributed by atoms with Crippen LogP contribution in [0, 0.1) is 6.92 Å². The molecule has 0 radical (unpaired) electrons. The van der Waals surface area contributed by atoms with Gasteiger partial charge in [-0.2, -0.15) is 18.2 Å². The second kappa shape index (κ2) is 13.2. The first kappa shape index (κ1) is 32.3. The molecular formula is C32H36F3N9O3. The number of alkyl halides is 3. The van der Waals surface area contributed by atoms with Crippen LogP contribution in [0.1, 0.15) is 54.3 Å². The molecule has 1 atom stereocenters. The molecule has 0 bridgehead atoms. The number of hydrogen-bond donors (Lipinski definition) is 2. The Morgan fingerprint density at radius 1 is 1.09 bits per heavy atom. The summed E-state index contributed by atoms with van der Waals surface area (Å²) in [6.45, 7) is 10.3. The fourth-order valence-corrected chi connectivity index (χ4v) is 6.07. The van der Waals surface area contributed by atoms with E-state index in [4.69, 9.17) is 4.74 Å². The highest BCUT2D eigenvalue weighted by Crippen LogP contribution is 2.36. The van der Waals surface area contributed by atoms with Gasteiger partial charge >= 0.3 is 12.2 Å². The summed E-state index contributed by atoms with van der Waals surface area (Å²) >= 11 is 0. The number of aromatic nitrogens is 5. The summed E-state index contributed by atoms with van der Waals surface area (Å²) in [5.74, 6) is 0.378. The monoisotopic (exact) mass is 651 g/mol. The number of carbonyl (C=O) groups is 1. The highest BCUT2D eigenvalue weighted by molar-refractivity contribution is 5.89. The van der Waals surface area contributed by atoms with Crippen molar-refractivity contribution in [2.45, 2.75) is 52.4 Å². The van der Waals surface area contributed by atoms with Crippen molar-refractivity contribution in [2.75, 3.05) is 44.6 Å². The molecule has 5 heterocycles. The van der Waals surface area contributed by atoms with E-state index >= 15 is 0 Å². The zero-order chi connectivity index (χ0) is 33.3. The van der Waals surface area contributed by atoms with E-state index in [1.165, 1.54) is 18.5 Å². The van der Waals surface area contributed by atoms with E-state index in [0.717, 1.165) is 37.0 Å². The number of nitrogens with zero attached hydrogens (tertiary/aromatic N) is 7. The third-order valence-electron chi connectivity index (χ3n) is 8.76. The minimum Gasteiger partial charge on any atom is -0.435 e. The SMILES string of the molecule is CCC1CN(C(=O)Nc2ccc(CN3CCN(CC)CC3)c(C(F)(F)F)c2)Cc2cc(Oc3ncnc4[nH]c(=O)c(C)nc34)cnc21. The number of aromatic amines is 1. The molecule has 1 unspecified atom stereocenters. The lowest BCUT2D eigenvalue weighted by molar-refractivity contribution is -0.138. The topological polar surface area (TPSA) is 132 Å². The summed E-state index contributed by atoms with van der Waals surface area (Å²) in [6.07, 6.45) is -1.07. The highest BCUT2D eigenvalue weighted by Gasteiger charge is 2.35. The second-order valence-electron chi connectivity index (χ2n) is 11.8. The Labute approximate surface area is 269 Å². The predicted molar refractivity (Wildman–Crippen MR) is 168 cm³/mol. The van der Waals surface area contributed by atoms with Crippen molar-refractivity contribution >= 4 is 22.9 Å². The van der Waals surface area contributed by atoms with Crippen LogP contribution in [-0.4, -0.2) is 84.9 Å². The maximum Gasteiger partial charge on any atom is 0.416 e. The lowest BCUT2D eigenvalue weighted by Gasteiger charge is -2.34. The summed E-state index contributed by atoms with van der Waals surface area (Å²) in [6, 6.07) is 5.26. The first-order chi connectivity index (χ1) is 22.5.